The van der Waals surface area contributed by atoms with Crippen molar-refractivity contribution in [1.29, 1.82) is 0 Å². The monoisotopic (exact) mass is 516 g/mol. The zero-order chi connectivity index (χ0) is 23.8. The Morgan fingerprint density at radius 3 is 2.79 bits per heavy atom. The molecule has 0 saturated carbocycles. The number of thiazole rings is 1. The quantitative estimate of drug-likeness (QED) is 0.314. The van der Waals surface area contributed by atoms with Gasteiger partial charge in [-0.25, -0.2) is 14.7 Å². The van der Waals surface area contributed by atoms with Gasteiger partial charge in [-0.2, -0.15) is 0 Å². The van der Waals surface area contributed by atoms with Crippen molar-refractivity contribution >= 4 is 67.4 Å². The van der Waals surface area contributed by atoms with Gasteiger partial charge >= 0.3 is 5.97 Å². The number of carbonyl (C=O) groups excluding carboxylic acids is 3. The maximum Gasteiger partial charge on any atom is 0.341 e. The molecule has 0 spiro atoms. The van der Waals surface area contributed by atoms with Crippen LogP contribution < -0.4 is 9.64 Å². The lowest BCUT2D eigenvalue weighted by Gasteiger charge is -2.15. The van der Waals surface area contributed by atoms with Gasteiger partial charge in [0.15, 0.2) is 4.34 Å². The molecular formula is C24H24N2O5S3. The van der Waals surface area contributed by atoms with Crippen LogP contribution in [-0.2, 0) is 27.2 Å². The third-order valence-corrected chi connectivity index (χ3v) is 9.41. The number of aryl methyl sites for hydroxylation is 1. The molecule has 1 aliphatic carbocycles. The zero-order valence-electron chi connectivity index (χ0n) is 18.9. The molecule has 0 radical (unpaired) electrons. The molecular weight excluding hydrogens is 492 g/mol. The summed E-state index contributed by atoms with van der Waals surface area (Å²) in [6.07, 6.45) is 3.73. The van der Waals surface area contributed by atoms with Crippen LogP contribution in [0.25, 0.3) is 10.2 Å². The molecule has 1 fully saturated rings. The highest BCUT2D eigenvalue weighted by Gasteiger charge is 2.44. The van der Waals surface area contributed by atoms with Crippen LogP contribution in [0.3, 0.4) is 0 Å². The number of hydrogen-bond acceptors (Lipinski definition) is 9. The number of esters is 1. The van der Waals surface area contributed by atoms with Crippen molar-refractivity contribution in [3.8, 4) is 5.75 Å². The number of hydrogen-bond donors (Lipinski definition) is 0. The largest absolute Gasteiger partial charge is 0.494 e. The van der Waals surface area contributed by atoms with Crippen molar-refractivity contribution in [1.82, 2.24) is 4.98 Å². The molecule has 3 aromatic rings. The van der Waals surface area contributed by atoms with Crippen molar-refractivity contribution in [3.05, 3.63) is 34.2 Å². The number of rotatable bonds is 7. The molecule has 1 atom stereocenters. The second-order valence-electron chi connectivity index (χ2n) is 8.03. The fraction of sp³-hybridized carbons (Fsp3) is 0.417. The highest BCUT2D eigenvalue weighted by Crippen LogP contribution is 2.44. The van der Waals surface area contributed by atoms with E-state index in [-0.39, 0.29) is 24.8 Å². The average Bonchev–Trinajstić information content (AvgIpc) is 3.46. The van der Waals surface area contributed by atoms with E-state index in [1.807, 2.05) is 25.1 Å². The minimum Gasteiger partial charge on any atom is -0.494 e. The Hall–Kier alpha value is -2.43. The van der Waals surface area contributed by atoms with Crippen LogP contribution >= 0.6 is 34.4 Å². The molecule has 0 N–H and O–H groups in total. The highest BCUT2D eigenvalue weighted by atomic mass is 32.2. The lowest BCUT2D eigenvalue weighted by molar-refractivity contribution is -0.121. The number of thiophene rings is 1. The Morgan fingerprint density at radius 1 is 1.18 bits per heavy atom. The molecule has 2 aliphatic rings. The smallest absolute Gasteiger partial charge is 0.341 e. The summed E-state index contributed by atoms with van der Waals surface area (Å²) in [5, 5.41) is -0.150. The lowest BCUT2D eigenvalue weighted by Crippen LogP contribution is -2.32. The molecule has 1 unspecified atom stereocenters. The van der Waals surface area contributed by atoms with Gasteiger partial charge in [0, 0.05) is 11.3 Å². The van der Waals surface area contributed by atoms with Crippen LogP contribution in [0.2, 0.25) is 0 Å². The molecule has 0 bridgehead atoms. The molecule has 7 nitrogen and oxygen atoms in total. The number of amides is 2. The van der Waals surface area contributed by atoms with E-state index in [9.17, 15) is 14.4 Å². The second-order valence-corrected chi connectivity index (χ2v) is 11.6. The molecule has 1 aromatic carbocycles. The van der Waals surface area contributed by atoms with Crippen LogP contribution in [0.1, 0.15) is 53.9 Å². The van der Waals surface area contributed by atoms with Gasteiger partial charge in [-0.15, -0.1) is 22.7 Å². The van der Waals surface area contributed by atoms with E-state index in [0.717, 1.165) is 56.4 Å². The number of ether oxygens (including phenoxy) is 2. The zero-order valence-corrected chi connectivity index (χ0v) is 21.4. The number of anilines is 1. The first kappa shape index (κ1) is 23.3. The van der Waals surface area contributed by atoms with Crippen molar-refractivity contribution in [3.63, 3.8) is 0 Å². The van der Waals surface area contributed by atoms with Gasteiger partial charge in [-0.3, -0.25) is 9.59 Å². The Balaban J connectivity index is 1.42. The van der Waals surface area contributed by atoms with E-state index in [2.05, 4.69) is 4.98 Å². The van der Waals surface area contributed by atoms with Crippen LogP contribution in [0.4, 0.5) is 5.00 Å². The predicted octanol–water partition coefficient (Wildman–Crippen LogP) is 5.24. The minimum absolute atomic E-state index is 0.0778. The maximum absolute atomic E-state index is 13.4. The van der Waals surface area contributed by atoms with Crippen LogP contribution in [0.5, 0.6) is 5.75 Å². The molecule has 34 heavy (non-hydrogen) atoms. The summed E-state index contributed by atoms with van der Waals surface area (Å²) in [4.78, 5) is 46.2. The third kappa shape index (κ3) is 4.23. The first-order chi connectivity index (χ1) is 16.5. The van der Waals surface area contributed by atoms with Crippen LogP contribution in [0.15, 0.2) is 22.5 Å². The molecule has 2 aromatic heterocycles. The molecule has 3 heterocycles. The van der Waals surface area contributed by atoms with Gasteiger partial charge in [0.25, 0.3) is 0 Å². The summed E-state index contributed by atoms with van der Waals surface area (Å²) in [6, 6.07) is 5.72. The topological polar surface area (TPSA) is 85.8 Å². The normalized spacial score (nSPS) is 17.9. The van der Waals surface area contributed by atoms with Crippen molar-refractivity contribution in [2.75, 3.05) is 18.1 Å². The Kier molecular flexibility index (Phi) is 6.63. The first-order valence-corrected chi connectivity index (χ1v) is 13.9. The van der Waals surface area contributed by atoms with E-state index in [1.165, 1.54) is 39.3 Å². The number of nitrogens with zero attached hydrogens (tertiary/aromatic N) is 2. The summed E-state index contributed by atoms with van der Waals surface area (Å²) < 4.78 is 12.6. The van der Waals surface area contributed by atoms with Gasteiger partial charge in [-0.1, -0.05) is 11.8 Å². The lowest BCUT2D eigenvalue weighted by atomic mass is 9.95. The predicted molar refractivity (Wildman–Crippen MR) is 134 cm³/mol. The summed E-state index contributed by atoms with van der Waals surface area (Å²) in [6.45, 7) is 4.51. The van der Waals surface area contributed by atoms with Gasteiger partial charge in [0.1, 0.15) is 16.0 Å². The molecule has 178 valence electrons. The number of carbonyl (C=O) groups is 3. The summed E-state index contributed by atoms with van der Waals surface area (Å²) >= 11 is 4.17. The van der Waals surface area contributed by atoms with Gasteiger partial charge < -0.3 is 9.47 Å². The molecule has 5 rings (SSSR count). The van der Waals surface area contributed by atoms with E-state index >= 15 is 0 Å². The second kappa shape index (κ2) is 9.67. The van der Waals surface area contributed by atoms with Crippen LogP contribution in [-0.4, -0.2) is 41.2 Å². The van der Waals surface area contributed by atoms with Gasteiger partial charge in [-0.05, 0) is 63.3 Å². The van der Waals surface area contributed by atoms with Crippen molar-refractivity contribution < 1.29 is 23.9 Å². The summed E-state index contributed by atoms with van der Waals surface area (Å²) in [7, 11) is 0. The van der Waals surface area contributed by atoms with E-state index in [4.69, 9.17) is 9.47 Å². The fourth-order valence-corrected chi connectivity index (χ4v) is 8.11. The maximum atomic E-state index is 13.4. The Bertz CT molecular complexity index is 1280. The molecule has 2 amide bonds. The van der Waals surface area contributed by atoms with Gasteiger partial charge in [0.05, 0.1) is 29.0 Å². The fourth-order valence-electron chi connectivity index (χ4n) is 4.34. The summed E-state index contributed by atoms with van der Waals surface area (Å²) in [5.41, 5.74) is 2.18. The van der Waals surface area contributed by atoms with Crippen molar-refractivity contribution in [2.24, 2.45) is 0 Å². The Labute approximate surface area is 209 Å². The number of thioether (sulfide) groups is 1. The van der Waals surface area contributed by atoms with E-state index < -0.39 is 11.2 Å². The molecule has 10 heteroatoms. The number of imide groups is 1. The Morgan fingerprint density at radius 2 is 2.00 bits per heavy atom. The van der Waals surface area contributed by atoms with E-state index in [1.54, 1.807) is 6.92 Å². The van der Waals surface area contributed by atoms with E-state index in [0.29, 0.717) is 17.2 Å². The standard InChI is InChI=1S/C24H24N2O5S3/c1-3-30-13-9-10-15-17(11-13)33-24(25-15)34-18-12-19(27)26(21(18)28)22-20(23(29)31-4-2)14-7-5-6-8-16(14)32-22/h9-11,18H,3-8,12H2,1-2H3. The third-order valence-electron chi connectivity index (χ3n) is 5.83. The highest BCUT2D eigenvalue weighted by molar-refractivity contribution is 8.02. The minimum atomic E-state index is -0.575. The van der Waals surface area contributed by atoms with Crippen molar-refractivity contribution in [2.45, 2.75) is 55.5 Å². The molecule has 1 saturated heterocycles. The van der Waals surface area contributed by atoms with Gasteiger partial charge in [0.2, 0.25) is 11.8 Å². The molecule has 1 aliphatic heterocycles. The SMILES string of the molecule is CCOC(=O)c1c(N2C(=O)CC(Sc3nc4ccc(OCC)cc4s3)C2=O)sc2c1CCCC2. The first-order valence-electron chi connectivity index (χ1n) is 11.4. The number of benzene rings is 1. The summed E-state index contributed by atoms with van der Waals surface area (Å²) in [5.74, 6) is -0.258. The number of fused-ring (bicyclic) bond motifs is 2. The van der Waals surface area contributed by atoms with Crippen LogP contribution in [0, 0.1) is 0 Å². The average molecular weight is 517 g/mol. The number of aromatic nitrogens is 1.